The third-order valence-corrected chi connectivity index (χ3v) is 4.48. The van der Waals surface area contributed by atoms with Crippen molar-refractivity contribution in [3.63, 3.8) is 0 Å². The number of phenolic OH excluding ortho intramolecular Hbond substituents is 2. The summed E-state index contributed by atoms with van der Waals surface area (Å²) in [5.74, 6) is -0.663. The van der Waals surface area contributed by atoms with Gasteiger partial charge in [-0.3, -0.25) is 9.35 Å². The number of rotatable bonds is 9. The first kappa shape index (κ1) is 25.6. The smallest absolute Gasteiger partial charge is 1.00 e. The van der Waals surface area contributed by atoms with Crippen LogP contribution in [0.1, 0.15) is 23.8 Å². The second-order valence-electron chi connectivity index (χ2n) is 5.80. The third kappa shape index (κ3) is 8.47. The fourth-order valence-electron chi connectivity index (χ4n) is 2.31. The minimum Gasteiger partial charge on any atom is -1.00 e. The minimum atomic E-state index is -4.04. The van der Waals surface area contributed by atoms with Gasteiger partial charge < -0.3 is 21.1 Å². The van der Waals surface area contributed by atoms with Crippen molar-refractivity contribution in [2.45, 2.75) is 6.42 Å². The molecule has 0 spiro atoms. The summed E-state index contributed by atoms with van der Waals surface area (Å²) in [6.45, 7) is 0.0212. The normalized spacial score (nSPS) is 11.1. The number of ketones is 1. The number of carbonyl (C=O) groups excluding carboxylic acids is 1. The van der Waals surface area contributed by atoms with Crippen LogP contribution in [0.5, 0.6) is 23.0 Å². The fraction of sp³-hybridized carbons (Fsp3) is 0.211. The van der Waals surface area contributed by atoms with Crippen LogP contribution >= 0.6 is 0 Å². The van der Waals surface area contributed by atoms with Crippen molar-refractivity contribution in [1.82, 2.24) is 0 Å². The molecule has 0 fully saturated rings. The van der Waals surface area contributed by atoms with E-state index in [-0.39, 0.29) is 88.7 Å². The molecule has 10 heteroatoms. The van der Waals surface area contributed by atoms with Crippen molar-refractivity contribution in [3.05, 3.63) is 53.6 Å². The van der Waals surface area contributed by atoms with Gasteiger partial charge in [-0.15, -0.1) is 0 Å². The zero-order chi connectivity index (χ0) is 20.7. The molecule has 152 valence electrons. The van der Waals surface area contributed by atoms with E-state index in [0.717, 1.165) is 0 Å². The SMILES string of the molecule is COc1ccc(C=CC(=O)c2ccc(OCCCS(=O)(=O)O)cc2O)cc1O.[H-].[K+]. The van der Waals surface area contributed by atoms with Gasteiger partial charge in [0.15, 0.2) is 17.3 Å². The molecule has 0 aliphatic rings. The molecule has 0 amide bonds. The monoisotopic (exact) mass is 448 g/mol. The molecule has 0 aromatic heterocycles. The van der Waals surface area contributed by atoms with Gasteiger partial charge in [0.05, 0.1) is 25.0 Å². The van der Waals surface area contributed by atoms with Crippen molar-refractivity contribution in [3.8, 4) is 23.0 Å². The molecular formula is C19H21KO8S. The van der Waals surface area contributed by atoms with Gasteiger partial charge in [-0.1, -0.05) is 12.1 Å². The predicted molar refractivity (Wildman–Crippen MR) is 104 cm³/mol. The minimum absolute atomic E-state index is 0. The summed E-state index contributed by atoms with van der Waals surface area (Å²) in [6, 6.07) is 8.75. The summed E-state index contributed by atoms with van der Waals surface area (Å²) in [6.07, 6.45) is 2.82. The van der Waals surface area contributed by atoms with Crippen molar-refractivity contribution < 1.29 is 90.3 Å². The molecule has 0 heterocycles. The number of hydrogen-bond donors (Lipinski definition) is 3. The summed E-state index contributed by atoms with van der Waals surface area (Å²) >= 11 is 0. The summed E-state index contributed by atoms with van der Waals surface area (Å²) in [4.78, 5) is 12.3. The van der Waals surface area contributed by atoms with Crippen LogP contribution in [0.25, 0.3) is 6.08 Å². The molecule has 0 atom stereocenters. The van der Waals surface area contributed by atoms with Crippen LogP contribution in [-0.2, 0) is 10.1 Å². The van der Waals surface area contributed by atoms with Crippen molar-refractivity contribution in [1.29, 1.82) is 0 Å². The van der Waals surface area contributed by atoms with Crippen LogP contribution in [0.15, 0.2) is 42.5 Å². The molecule has 0 saturated heterocycles. The molecule has 0 aliphatic carbocycles. The fourth-order valence-corrected chi connectivity index (χ4v) is 2.80. The van der Waals surface area contributed by atoms with E-state index in [0.29, 0.717) is 11.3 Å². The Labute approximate surface area is 212 Å². The van der Waals surface area contributed by atoms with Crippen molar-refractivity contribution in [2.24, 2.45) is 0 Å². The largest absolute Gasteiger partial charge is 1.00 e. The summed E-state index contributed by atoms with van der Waals surface area (Å²) in [5, 5.41) is 19.8. The van der Waals surface area contributed by atoms with Gasteiger partial charge in [-0.25, -0.2) is 0 Å². The van der Waals surface area contributed by atoms with E-state index in [1.165, 1.54) is 43.5 Å². The Balaban J connectivity index is 0.00000420. The van der Waals surface area contributed by atoms with E-state index >= 15 is 0 Å². The van der Waals surface area contributed by atoms with E-state index < -0.39 is 21.7 Å². The van der Waals surface area contributed by atoms with Crippen LogP contribution in [0.4, 0.5) is 0 Å². The Morgan fingerprint density at radius 2 is 1.86 bits per heavy atom. The maximum absolute atomic E-state index is 12.3. The van der Waals surface area contributed by atoms with Gasteiger partial charge in [-0.2, -0.15) is 8.42 Å². The van der Waals surface area contributed by atoms with Crippen molar-refractivity contribution >= 4 is 22.0 Å². The van der Waals surface area contributed by atoms with Crippen molar-refractivity contribution in [2.75, 3.05) is 19.5 Å². The van der Waals surface area contributed by atoms with Crippen LogP contribution in [0.2, 0.25) is 0 Å². The zero-order valence-electron chi connectivity index (χ0n) is 17.0. The van der Waals surface area contributed by atoms with Gasteiger partial charge in [0.1, 0.15) is 11.5 Å². The zero-order valence-corrected chi connectivity index (χ0v) is 20.0. The van der Waals surface area contributed by atoms with Crippen LogP contribution in [0, 0.1) is 0 Å². The summed E-state index contributed by atoms with van der Waals surface area (Å²) in [5.41, 5.74) is 0.629. The van der Waals surface area contributed by atoms with E-state index in [4.69, 9.17) is 14.0 Å². The van der Waals surface area contributed by atoms with Crippen LogP contribution in [-0.4, -0.2) is 48.4 Å². The standard InChI is InChI=1S/C19H20O8S.K.H/c1-26-19-8-4-13(11-18(19)22)3-7-16(20)15-6-5-14(12-17(15)21)27-9-2-10-28(23,24)25;;/h3-8,11-12,21-22H,2,9-10H2,1H3,(H,23,24,25);;/q;+1;-1. The summed E-state index contributed by atoms with van der Waals surface area (Å²) < 4.78 is 40.1. The average Bonchev–Trinajstić information content (AvgIpc) is 2.63. The van der Waals surface area contributed by atoms with Crippen LogP contribution in [0.3, 0.4) is 0 Å². The maximum Gasteiger partial charge on any atom is 1.00 e. The Morgan fingerprint density at radius 1 is 1.14 bits per heavy atom. The predicted octanol–water partition coefficient (Wildman–Crippen LogP) is -0.224. The molecule has 8 nitrogen and oxygen atoms in total. The topological polar surface area (TPSA) is 130 Å². The molecule has 2 aromatic rings. The van der Waals surface area contributed by atoms with Gasteiger partial charge >= 0.3 is 51.4 Å². The molecule has 29 heavy (non-hydrogen) atoms. The second kappa shape index (κ2) is 11.7. The second-order valence-corrected chi connectivity index (χ2v) is 7.37. The number of carbonyl (C=O) groups is 1. The quantitative estimate of drug-likeness (QED) is 0.158. The first-order chi connectivity index (χ1) is 13.2. The molecular weight excluding hydrogens is 427 g/mol. The Morgan fingerprint density at radius 3 is 2.45 bits per heavy atom. The molecule has 2 aromatic carbocycles. The van der Waals surface area contributed by atoms with Gasteiger partial charge in [0.2, 0.25) is 0 Å². The van der Waals surface area contributed by atoms with E-state index in [1.54, 1.807) is 12.1 Å². The van der Waals surface area contributed by atoms with Crippen LogP contribution < -0.4 is 60.9 Å². The third-order valence-electron chi connectivity index (χ3n) is 3.68. The number of methoxy groups -OCH3 is 1. The molecule has 0 unspecified atom stereocenters. The Hall–Kier alpha value is -1.40. The number of aromatic hydroxyl groups is 2. The molecule has 0 bridgehead atoms. The number of hydrogen-bond acceptors (Lipinski definition) is 7. The Kier molecular flexibility index (Phi) is 10.3. The molecule has 0 radical (unpaired) electrons. The van der Waals surface area contributed by atoms with E-state index in [9.17, 15) is 23.4 Å². The summed E-state index contributed by atoms with van der Waals surface area (Å²) in [7, 11) is -2.62. The van der Waals surface area contributed by atoms with E-state index in [2.05, 4.69) is 0 Å². The van der Waals surface area contributed by atoms with Gasteiger partial charge in [0.25, 0.3) is 10.1 Å². The molecule has 0 aliphatic heterocycles. The molecule has 2 rings (SSSR count). The Bertz CT molecular complexity index is 992. The van der Waals surface area contributed by atoms with Gasteiger partial charge in [0, 0.05) is 6.07 Å². The number of ether oxygens (including phenoxy) is 2. The molecule has 0 saturated carbocycles. The van der Waals surface area contributed by atoms with E-state index in [1.807, 2.05) is 0 Å². The first-order valence-corrected chi connectivity index (χ1v) is 9.81. The van der Waals surface area contributed by atoms with Gasteiger partial charge in [-0.05, 0) is 42.3 Å². The molecule has 3 N–H and O–H groups in total. The number of benzene rings is 2. The maximum atomic E-state index is 12.3. The average molecular weight is 449 g/mol. The number of allylic oxidation sites excluding steroid dienone is 1. The first-order valence-electron chi connectivity index (χ1n) is 8.20. The number of phenols is 2.